The van der Waals surface area contributed by atoms with Gasteiger partial charge in [0.1, 0.15) is 37.1 Å². The van der Waals surface area contributed by atoms with E-state index in [0.29, 0.717) is 6.61 Å². The van der Waals surface area contributed by atoms with E-state index in [-0.39, 0.29) is 26.4 Å². The molecule has 64 heavy (non-hydrogen) atoms. The molecule has 2 aliphatic heterocycles. The summed E-state index contributed by atoms with van der Waals surface area (Å²) in [5.74, 6) is -2.87. The molecular weight excluding hydrogens is 829 g/mol. The van der Waals surface area contributed by atoms with Crippen LogP contribution in [0.3, 0.4) is 0 Å². The van der Waals surface area contributed by atoms with Crippen molar-refractivity contribution in [2.75, 3.05) is 19.8 Å². The van der Waals surface area contributed by atoms with E-state index >= 15 is 0 Å². The first-order chi connectivity index (χ1) is 31.0. The molecule has 0 aliphatic carbocycles. The smallest absolute Gasteiger partial charge is 0.303 e. The van der Waals surface area contributed by atoms with Gasteiger partial charge in [-0.2, -0.15) is 0 Å². The van der Waals surface area contributed by atoms with Gasteiger partial charge in [0.25, 0.3) is 0 Å². The first-order valence-electron chi connectivity index (χ1n) is 22.2. The Kier molecular flexibility index (Phi) is 21.1. The molecule has 0 saturated carbocycles. The maximum atomic E-state index is 12.7. The van der Waals surface area contributed by atoms with Gasteiger partial charge in [-0.15, -0.1) is 0 Å². The molecule has 0 spiro atoms. The van der Waals surface area contributed by atoms with Crippen molar-refractivity contribution in [3.05, 3.63) is 108 Å². The summed E-state index contributed by atoms with van der Waals surface area (Å²) in [5, 5.41) is 0. The number of hydrogen-bond acceptors (Lipinski definition) is 15. The van der Waals surface area contributed by atoms with Gasteiger partial charge in [-0.3, -0.25) is 19.2 Å². The zero-order chi connectivity index (χ0) is 45.7. The molecular formula is C49H64O15. The highest BCUT2D eigenvalue weighted by atomic mass is 16.8. The number of esters is 4. The van der Waals surface area contributed by atoms with Crippen molar-refractivity contribution in [2.24, 2.45) is 0 Å². The van der Waals surface area contributed by atoms with Gasteiger partial charge in [-0.05, 0) is 23.1 Å². The fourth-order valence-corrected chi connectivity index (χ4v) is 7.62. The molecule has 0 N–H and O–H groups in total. The summed E-state index contributed by atoms with van der Waals surface area (Å²) in [6, 6.07) is 29.0. The fraction of sp³-hybridized carbons (Fsp3) is 0.551. The molecule has 3 aromatic carbocycles. The van der Waals surface area contributed by atoms with E-state index in [2.05, 4.69) is 6.92 Å². The van der Waals surface area contributed by atoms with Crippen LogP contribution in [0.15, 0.2) is 91.0 Å². The van der Waals surface area contributed by atoms with E-state index in [0.717, 1.165) is 48.8 Å². The summed E-state index contributed by atoms with van der Waals surface area (Å²) in [7, 11) is 0. The highest BCUT2D eigenvalue weighted by molar-refractivity contribution is 5.68. The Bertz CT molecular complexity index is 1830. The lowest BCUT2D eigenvalue weighted by Crippen LogP contribution is -2.49. The topological polar surface area (TPSA) is 170 Å². The Morgan fingerprint density at radius 1 is 0.516 bits per heavy atom. The maximum Gasteiger partial charge on any atom is 0.303 e. The van der Waals surface area contributed by atoms with E-state index in [1.165, 1.54) is 34.1 Å². The van der Waals surface area contributed by atoms with Gasteiger partial charge in [0.05, 0.1) is 26.4 Å². The first kappa shape index (κ1) is 50.3. The van der Waals surface area contributed by atoms with Crippen LogP contribution in [-0.2, 0) is 91.1 Å². The van der Waals surface area contributed by atoms with Crippen LogP contribution in [0.2, 0.25) is 0 Å². The first-order valence-corrected chi connectivity index (χ1v) is 22.2. The van der Waals surface area contributed by atoms with Crippen molar-refractivity contribution < 1.29 is 71.3 Å². The molecule has 0 amide bonds. The normalized spacial score (nSPS) is 23.8. The van der Waals surface area contributed by atoms with Gasteiger partial charge < -0.3 is 52.1 Å². The third-order valence-electron chi connectivity index (χ3n) is 10.6. The summed E-state index contributed by atoms with van der Waals surface area (Å²) in [4.78, 5) is 49.6. The minimum absolute atomic E-state index is 0.101. The Balaban J connectivity index is 1.52. The molecule has 3 unspecified atom stereocenters. The molecule has 2 aliphatic rings. The Morgan fingerprint density at radius 2 is 1.03 bits per heavy atom. The Labute approximate surface area is 376 Å². The monoisotopic (exact) mass is 892 g/mol. The van der Waals surface area contributed by atoms with E-state index < -0.39 is 91.9 Å². The summed E-state index contributed by atoms with van der Waals surface area (Å²) < 4.78 is 68.6. The molecule has 15 nitrogen and oxygen atoms in total. The lowest BCUT2D eigenvalue weighted by molar-refractivity contribution is -0.252. The quantitative estimate of drug-likeness (QED) is 0.0438. The van der Waals surface area contributed by atoms with E-state index in [1.807, 2.05) is 91.0 Å². The Morgan fingerprint density at radius 3 is 1.59 bits per heavy atom. The van der Waals surface area contributed by atoms with Crippen LogP contribution in [0, 0.1) is 0 Å². The SMILES string of the molecule is CCCCCCCCO[C@@H]1O[C@@H](C(COCc2ccccc2)OC2O[C@@H](C(COC(C)=O)OC(C)=O)[C@H](OC(C)=O)[C@H]2OC(C)=O)[C@H](OCc2ccccc2)[C@H]1OCc1ccccc1. The molecule has 0 radical (unpaired) electrons. The van der Waals surface area contributed by atoms with Gasteiger partial charge in [0.15, 0.2) is 30.9 Å². The van der Waals surface area contributed by atoms with Crippen LogP contribution in [0.4, 0.5) is 0 Å². The third-order valence-corrected chi connectivity index (χ3v) is 10.6. The molecule has 2 fully saturated rings. The minimum atomic E-state index is -1.47. The summed E-state index contributed by atoms with van der Waals surface area (Å²) in [6.45, 7) is 7.36. The predicted octanol–water partition coefficient (Wildman–Crippen LogP) is 6.94. The molecule has 350 valence electrons. The number of ether oxygens (including phenoxy) is 11. The molecule has 2 heterocycles. The number of hydrogen-bond donors (Lipinski definition) is 0. The van der Waals surface area contributed by atoms with E-state index in [9.17, 15) is 19.2 Å². The van der Waals surface area contributed by atoms with Gasteiger partial charge in [0, 0.05) is 34.3 Å². The summed E-state index contributed by atoms with van der Waals surface area (Å²) in [6.07, 6.45) is -4.97. The molecule has 5 rings (SSSR count). The van der Waals surface area contributed by atoms with Crippen LogP contribution < -0.4 is 0 Å². The molecule has 3 aromatic rings. The fourth-order valence-electron chi connectivity index (χ4n) is 7.62. The molecule has 2 saturated heterocycles. The number of unbranched alkanes of at least 4 members (excludes halogenated alkanes) is 5. The number of carbonyl (C=O) groups is 4. The standard InChI is InChI=1S/C49H64O15/c1-6-7-8-9-10-20-27-55-48-46(58-30-39-25-18-13-19-26-39)44(57-29-38-23-16-12-17-24-38)42(63-48)40(31-54-28-37-21-14-11-15-22-37)62-49-47(61-36(5)53)45(60-35(4)52)43(64-49)41(59-34(3)51)32-56-33(2)50/h11-19,21-26,40-49H,6-10,20,27-32H2,1-5H3/t40?,41?,42-,43-,44-,45-,46+,47+,48+,49?/m0/s1. The Hall–Kier alpha value is -4.74. The number of carbonyl (C=O) groups excluding carboxylic acids is 4. The van der Waals surface area contributed by atoms with Crippen molar-refractivity contribution >= 4 is 23.9 Å². The largest absolute Gasteiger partial charge is 0.462 e. The lowest BCUT2D eigenvalue weighted by Gasteiger charge is -2.32. The zero-order valence-electron chi connectivity index (χ0n) is 37.5. The van der Waals surface area contributed by atoms with Gasteiger partial charge in [-0.1, -0.05) is 130 Å². The van der Waals surface area contributed by atoms with Crippen molar-refractivity contribution in [3.63, 3.8) is 0 Å². The predicted molar refractivity (Wildman–Crippen MR) is 231 cm³/mol. The molecule has 0 bridgehead atoms. The highest BCUT2D eigenvalue weighted by Crippen LogP contribution is 2.37. The molecule has 10 atom stereocenters. The van der Waals surface area contributed by atoms with Crippen molar-refractivity contribution in [2.45, 2.75) is 154 Å². The number of rotatable bonds is 27. The minimum Gasteiger partial charge on any atom is -0.462 e. The summed E-state index contributed by atoms with van der Waals surface area (Å²) >= 11 is 0. The van der Waals surface area contributed by atoms with Crippen molar-refractivity contribution in [1.82, 2.24) is 0 Å². The van der Waals surface area contributed by atoms with Gasteiger partial charge in [-0.25, -0.2) is 0 Å². The zero-order valence-corrected chi connectivity index (χ0v) is 37.5. The highest BCUT2D eigenvalue weighted by Gasteiger charge is 2.57. The average molecular weight is 893 g/mol. The van der Waals surface area contributed by atoms with Crippen LogP contribution in [0.1, 0.15) is 89.8 Å². The van der Waals surface area contributed by atoms with Crippen molar-refractivity contribution in [3.8, 4) is 0 Å². The van der Waals surface area contributed by atoms with Gasteiger partial charge in [0.2, 0.25) is 0 Å². The lowest BCUT2D eigenvalue weighted by atomic mass is 10.0. The number of benzene rings is 3. The van der Waals surface area contributed by atoms with Crippen LogP contribution in [0.25, 0.3) is 0 Å². The van der Waals surface area contributed by atoms with E-state index in [1.54, 1.807) is 0 Å². The second-order valence-electron chi connectivity index (χ2n) is 15.9. The van der Waals surface area contributed by atoms with Crippen LogP contribution in [0.5, 0.6) is 0 Å². The van der Waals surface area contributed by atoms with Crippen LogP contribution in [-0.4, -0.2) is 105 Å². The third kappa shape index (κ3) is 16.4. The van der Waals surface area contributed by atoms with E-state index in [4.69, 9.17) is 52.1 Å². The molecule has 0 aromatic heterocycles. The van der Waals surface area contributed by atoms with Gasteiger partial charge >= 0.3 is 23.9 Å². The molecule has 15 heteroatoms. The maximum absolute atomic E-state index is 12.7. The van der Waals surface area contributed by atoms with Crippen LogP contribution >= 0.6 is 0 Å². The van der Waals surface area contributed by atoms with Crippen molar-refractivity contribution in [1.29, 1.82) is 0 Å². The summed E-state index contributed by atoms with van der Waals surface area (Å²) in [5.41, 5.74) is 2.74. The average Bonchev–Trinajstić information content (AvgIpc) is 3.79. The second kappa shape index (κ2) is 26.9. The second-order valence-corrected chi connectivity index (χ2v) is 15.9.